The average Bonchev–Trinajstić information content (AvgIpc) is 2.26. The molecule has 0 fully saturated rings. The number of carboxylic acid groups (broad SMARTS) is 2. The number of hydrogen-bond acceptors (Lipinski definition) is 3. The molecule has 0 saturated carbocycles. The molecule has 0 bridgehead atoms. The minimum Gasteiger partial charge on any atom is -0.494 e. The second-order valence-corrected chi connectivity index (χ2v) is 4.55. The predicted molar refractivity (Wildman–Crippen MR) is 64.8 cm³/mol. The lowest BCUT2D eigenvalue weighted by Crippen LogP contribution is -2.29. The molecular formula is C13H15FO5. The summed E-state index contributed by atoms with van der Waals surface area (Å²) in [7, 11) is 1.31. The van der Waals surface area contributed by atoms with Crippen LogP contribution in [0.2, 0.25) is 0 Å². The van der Waals surface area contributed by atoms with Crippen LogP contribution < -0.4 is 4.74 Å². The van der Waals surface area contributed by atoms with E-state index >= 15 is 0 Å². The van der Waals surface area contributed by atoms with E-state index in [1.54, 1.807) is 0 Å². The normalized spacial score (nSPS) is 11.1. The molecule has 0 aliphatic heterocycles. The topological polar surface area (TPSA) is 83.8 Å². The van der Waals surface area contributed by atoms with Crippen molar-refractivity contribution in [3.05, 3.63) is 29.6 Å². The lowest BCUT2D eigenvalue weighted by atomic mass is 9.76. The summed E-state index contributed by atoms with van der Waals surface area (Å²) in [6.07, 6.45) is -0.795. The van der Waals surface area contributed by atoms with Crippen LogP contribution in [0.4, 0.5) is 4.39 Å². The van der Waals surface area contributed by atoms with Crippen molar-refractivity contribution in [3.63, 3.8) is 0 Å². The van der Waals surface area contributed by atoms with Crippen LogP contribution in [0.1, 0.15) is 25.3 Å². The van der Waals surface area contributed by atoms with Gasteiger partial charge in [-0.1, -0.05) is 13.0 Å². The van der Waals surface area contributed by atoms with Gasteiger partial charge in [-0.05, 0) is 17.7 Å². The molecule has 1 rings (SSSR count). The van der Waals surface area contributed by atoms with Crippen LogP contribution in [0.15, 0.2) is 18.2 Å². The first-order valence-electron chi connectivity index (χ1n) is 5.56. The molecule has 0 spiro atoms. The Hall–Kier alpha value is -2.11. The highest BCUT2D eigenvalue weighted by Crippen LogP contribution is 2.33. The van der Waals surface area contributed by atoms with Gasteiger partial charge in [-0.15, -0.1) is 0 Å². The highest BCUT2D eigenvalue weighted by Gasteiger charge is 2.33. The molecule has 0 radical (unpaired) electrons. The van der Waals surface area contributed by atoms with E-state index in [0.29, 0.717) is 5.56 Å². The third-order valence-electron chi connectivity index (χ3n) is 2.93. The van der Waals surface area contributed by atoms with Crippen molar-refractivity contribution in [1.82, 2.24) is 0 Å². The molecule has 0 atom stereocenters. The highest BCUT2D eigenvalue weighted by atomic mass is 19.1. The fraction of sp³-hybridized carbons (Fsp3) is 0.385. The van der Waals surface area contributed by atoms with E-state index in [0.717, 1.165) is 6.07 Å². The number of hydrogen-bond donors (Lipinski definition) is 2. The first-order valence-corrected chi connectivity index (χ1v) is 5.56. The molecule has 0 aliphatic carbocycles. The van der Waals surface area contributed by atoms with Gasteiger partial charge in [-0.3, -0.25) is 9.59 Å². The molecule has 104 valence electrons. The van der Waals surface area contributed by atoms with Crippen molar-refractivity contribution in [1.29, 1.82) is 0 Å². The zero-order valence-corrected chi connectivity index (χ0v) is 10.6. The van der Waals surface area contributed by atoms with Crippen molar-refractivity contribution < 1.29 is 28.9 Å². The highest BCUT2D eigenvalue weighted by molar-refractivity contribution is 5.74. The second kappa shape index (κ2) is 5.69. The van der Waals surface area contributed by atoms with Crippen LogP contribution in [0.25, 0.3) is 0 Å². The maximum Gasteiger partial charge on any atom is 0.304 e. The number of ether oxygens (including phenoxy) is 1. The van der Waals surface area contributed by atoms with Gasteiger partial charge in [0.25, 0.3) is 0 Å². The summed E-state index contributed by atoms with van der Waals surface area (Å²) >= 11 is 0. The Morgan fingerprint density at radius 1 is 1.26 bits per heavy atom. The molecule has 0 saturated heterocycles. The van der Waals surface area contributed by atoms with Crippen molar-refractivity contribution in [2.24, 2.45) is 0 Å². The summed E-state index contributed by atoms with van der Waals surface area (Å²) in [5.41, 5.74) is -0.860. The zero-order valence-electron chi connectivity index (χ0n) is 10.6. The molecule has 0 aliphatic rings. The Morgan fingerprint density at radius 3 is 2.16 bits per heavy atom. The van der Waals surface area contributed by atoms with Gasteiger partial charge in [-0.25, -0.2) is 4.39 Å². The Labute approximate surface area is 109 Å². The maximum absolute atomic E-state index is 13.6. The number of carbonyl (C=O) groups is 2. The Balaban J connectivity index is 3.20. The number of rotatable bonds is 6. The van der Waals surface area contributed by atoms with Crippen LogP contribution in [0, 0.1) is 5.82 Å². The van der Waals surface area contributed by atoms with Crippen LogP contribution in [-0.4, -0.2) is 29.3 Å². The number of halogens is 1. The third-order valence-corrected chi connectivity index (χ3v) is 2.93. The van der Waals surface area contributed by atoms with Gasteiger partial charge >= 0.3 is 11.9 Å². The van der Waals surface area contributed by atoms with Crippen molar-refractivity contribution >= 4 is 11.9 Å². The zero-order chi connectivity index (χ0) is 14.6. The van der Waals surface area contributed by atoms with Crippen LogP contribution in [-0.2, 0) is 15.0 Å². The molecule has 19 heavy (non-hydrogen) atoms. The van der Waals surface area contributed by atoms with Crippen LogP contribution in [0.5, 0.6) is 5.75 Å². The van der Waals surface area contributed by atoms with Crippen molar-refractivity contribution in [2.45, 2.75) is 25.2 Å². The Kier molecular flexibility index (Phi) is 4.47. The molecule has 1 aromatic carbocycles. The Bertz CT molecular complexity index is 482. The summed E-state index contributed by atoms with van der Waals surface area (Å²) in [6.45, 7) is 1.48. The molecule has 1 aromatic rings. The fourth-order valence-electron chi connectivity index (χ4n) is 1.98. The molecule has 0 amide bonds. The number of benzene rings is 1. The second-order valence-electron chi connectivity index (χ2n) is 4.55. The first-order chi connectivity index (χ1) is 8.78. The van der Waals surface area contributed by atoms with E-state index in [1.165, 1.54) is 26.2 Å². The lowest BCUT2D eigenvalue weighted by molar-refractivity contribution is -0.141. The van der Waals surface area contributed by atoms with Gasteiger partial charge in [0.2, 0.25) is 0 Å². The van der Waals surface area contributed by atoms with Crippen molar-refractivity contribution in [2.75, 3.05) is 7.11 Å². The van der Waals surface area contributed by atoms with E-state index < -0.39 is 36.0 Å². The van der Waals surface area contributed by atoms with Gasteiger partial charge in [0.1, 0.15) is 0 Å². The summed E-state index contributed by atoms with van der Waals surface area (Å²) in [6, 6.07) is 3.95. The van der Waals surface area contributed by atoms with Gasteiger partial charge in [0, 0.05) is 5.41 Å². The average molecular weight is 270 g/mol. The van der Waals surface area contributed by atoms with E-state index in [1.807, 2.05) is 0 Å². The van der Waals surface area contributed by atoms with Gasteiger partial charge in [-0.2, -0.15) is 0 Å². The predicted octanol–water partition coefficient (Wildman–Crippen LogP) is 2.04. The van der Waals surface area contributed by atoms with E-state index in [2.05, 4.69) is 0 Å². The van der Waals surface area contributed by atoms with E-state index in [-0.39, 0.29) is 5.75 Å². The first kappa shape index (κ1) is 14.9. The quantitative estimate of drug-likeness (QED) is 0.826. The molecule has 0 aromatic heterocycles. The van der Waals surface area contributed by atoms with Crippen LogP contribution in [0.3, 0.4) is 0 Å². The van der Waals surface area contributed by atoms with E-state index in [4.69, 9.17) is 14.9 Å². The molecular weight excluding hydrogens is 255 g/mol. The summed E-state index contributed by atoms with van der Waals surface area (Å²) in [5.74, 6) is -2.90. The molecule has 0 heterocycles. The SMILES string of the molecule is COc1ccc(C(C)(CC(=O)O)CC(=O)O)cc1F. The largest absolute Gasteiger partial charge is 0.494 e. The number of aliphatic carboxylic acids is 2. The number of carboxylic acids is 2. The van der Waals surface area contributed by atoms with Crippen LogP contribution >= 0.6 is 0 Å². The molecule has 0 unspecified atom stereocenters. The van der Waals surface area contributed by atoms with Gasteiger partial charge in [0.05, 0.1) is 20.0 Å². The lowest BCUT2D eigenvalue weighted by Gasteiger charge is -2.27. The maximum atomic E-state index is 13.6. The third kappa shape index (κ3) is 3.67. The monoisotopic (exact) mass is 270 g/mol. The molecule has 6 heteroatoms. The minimum atomic E-state index is -1.18. The summed E-state index contributed by atoms with van der Waals surface area (Å²) in [5, 5.41) is 17.8. The summed E-state index contributed by atoms with van der Waals surface area (Å²) < 4.78 is 18.4. The van der Waals surface area contributed by atoms with Gasteiger partial charge < -0.3 is 14.9 Å². The minimum absolute atomic E-state index is 0.0248. The molecule has 2 N–H and O–H groups in total. The van der Waals surface area contributed by atoms with Gasteiger partial charge in [0.15, 0.2) is 11.6 Å². The molecule has 5 nitrogen and oxygen atoms in total. The fourth-order valence-corrected chi connectivity index (χ4v) is 1.98. The number of methoxy groups -OCH3 is 1. The standard InChI is InChI=1S/C13H15FO5/c1-13(6-11(15)16,7-12(17)18)8-3-4-10(19-2)9(14)5-8/h3-5H,6-7H2,1-2H3,(H,15,16)(H,17,18). The van der Waals surface area contributed by atoms with E-state index in [9.17, 15) is 14.0 Å². The Morgan fingerprint density at radius 2 is 1.79 bits per heavy atom. The summed E-state index contributed by atoms with van der Waals surface area (Å²) in [4.78, 5) is 21.7. The van der Waals surface area contributed by atoms with Crippen molar-refractivity contribution in [3.8, 4) is 5.75 Å². The smallest absolute Gasteiger partial charge is 0.304 e.